The monoisotopic (exact) mass is 215 g/mol. The van der Waals surface area contributed by atoms with Crippen molar-refractivity contribution in [1.82, 2.24) is 15.5 Å². The van der Waals surface area contributed by atoms with Crippen LogP contribution in [0.15, 0.2) is 0 Å². The Morgan fingerprint density at radius 3 is 2.67 bits per heavy atom. The molecule has 1 heterocycles. The Kier molecular flexibility index (Phi) is 4.05. The van der Waals surface area contributed by atoms with Gasteiger partial charge in [0.25, 0.3) is 0 Å². The average Bonchev–Trinajstić information content (AvgIpc) is 2.63. The van der Waals surface area contributed by atoms with Crippen molar-refractivity contribution in [3.05, 3.63) is 0 Å². The Hall–Kier alpha value is -1.14. The highest BCUT2D eigenvalue weighted by molar-refractivity contribution is 5.96. The van der Waals surface area contributed by atoms with E-state index in [0.717, 1.165) is 0 Å². The molecule has 1 rings (SSSR count). The highest BCUT2D eigenvalue weighted by atomic mass is 16.3. The zero-order chi connectivity index (χ0) is 11.4. The van der Waals surface area contributed by atoms with Gasteiger partial charge in [-0.3, -0.25) is 15.0 Å². The maximum atomic E-state index is 11.5. The summed E-state index contributed by atoms with van der Waals surface area (Å²) in [6.45, 7) is 2.89. The van der Waals surface area contributed by atoms with Gasteiger partial charge in [0.2, 0.25) is 5.91 Å². The van der Waals surface area contributed by atoms with Crippen molar-refractivity contribution >= 4 is 11.9 Å². The molecular weight excluding hydrogens is 198 g/mol. The summed E-state index contributed by atoms with van der Waals surface area (Å²) in [7, 11) is 1.45. The maximum Gasteiger partial charge on any atom is 0.321 e. The van der Waals surface area contributed by atoms with Gasteiger partial charge in [-0.2, -0.15) is 0 Å². The van der Waals surface area contributed by atoms with E-state index in [9.17, 15) is 14.7 Å². The first kappa shape index (κ1) is 11.9. The molecule has 0 spiro atoms. The average molecular weight is 215 g/mol. The molecule has 2 atom stereocenters. The van der Waals surface area contributed by atoms with Gasteiger partial charge in [-0.05, 0) is 13.3 Å². The molecule has 6 nitrogen and oxygen atoms in total. The lowest BCUT2D eigenvalue weighted by Crippen LogP contribution is -2.48. The second-order valence-electron chi connectivity index (χ2n) is 3.68. The summed E-state index contributed by atoms with van der Waals surface area (Å²) in [5.74, 6) is -0.344. The van der Waals surface area contributed by atoms with Crippen molar-refractivity contribution in [2.24, 2.45) is 0 Å². The largest absolute Gasteiger partial charge is 0.392 e. The first-order valence-corrected chi connectivity index (χ1v) is 4.99. The van der Waals surface area contributed by atoms with Crippen LogP contribution in [0.5, 0.6) is 0 Å². The molecule has 0 saturated carbocycles. The highest BCUT2D eigenvalue weighted by Crippen LogP contribution is 2.12. The third-order valence-corrected chi connectivity index (χ3v) is 2.59. The zero-order valence-electron chi connectivity index (χ0n) is 8.99. The Bertz CT molecular complexity index is 257. The number of nitrogens with zero attached hydrogens (tertiary/aromatic N) is 1. The van der Waals surface area contributed by atoms with E-state index in [1.165, 1.54) is 7.05 Å². The van der Waals surface area contributed by atoms with Crippen molar-refractivity contribution in [3.8, 4) is 0 Å². The van der Waals surface area contributed by atoms with Crippen molar-refractivity contribution in [3.63, 3.8) is 0 Å². The number of aliphatic hydroxyl groups excluding tert-OH is 1. The number of urea groups is 1. The summed E-state index contributed by atoms with van der Waals surface area (Å²) in [5.41, 5.74) is 0. The van der Waals surface area contributed by atoms with Crippen molar-refractivity contribution < 1.29 is 14.7 Å². The molecule has 15 heavy (non-hydrogen) atoms. The molecule has 3 amide bonds. The predicted molar refractivity (Wildman–Crippen MR) is 54.3 cm³/mol. The van der Waals surface area contributed by atoms with Crippen molar-refractivity contribution in [2.75, 3.05) is 20.1 Å². The van der Waals surface area contributed by atoms with Gasteiger partial charge in [-0.25, -0.2) is 4.79 Å². The van der Waals surface area contributed by atoms with Gasteiger partial charge in [0.1, 0.15) is 0 Å². The summed E-state index contributed by atoms with van der Waals surface area (Å²) < 4.78 is 0. The maximum absolute atomic E-state index is 11.5. The summed E-state index contributed by atoms with van der Waals surface area (Å²) in [6.07, 6.45) is 0.317. The predicted octanol–water partition coefficient (Wildman–Crippen LogP) is -1.10. The molecular formula is C9H17N3O3. The van der Waals surface area contributed by atoms with Crippen LogP contribution < -0.4 is 10.6 Å². The second kappa shape index (κ2) is 5.09. The number of carbonyl (C=O) groups excluding carboxylic acids is 2. The molecule has 1 fully saturated rings. The number of imide groups is 1. The molecule has 1 aliphatic rings. The lowest BCUT2D eigenvalue weighted by Gasteiger charge is -2.22. The quantitative estimate of drug-likeness (QED) is 0.546. The molecule has 6 heteroatoms. The fraction of sp³-hybridized carbons (Fsp3) is 0.778. The van der Waals surface area contributed by atoms with E-state index in [2.05, 4.69) is 10.6 Å². The second-order valence-corrected chi connectivity index (χ2v) is 3.68. The van der Waals surface area contributed by atoms with E-state index in [4.69, 9.17) is 0 Å². The van der Waals surface area contributed by atoms with Crippen LogP contribution in [-0.2, 0) is 4.79 Å². The number of hydrogen-bond acceptors (Lipinski definition) is 4. The van der Waals surface area contributed by atoms with Crippen LogP contribution in [0.2, 0.25) is 0 Å². The Morgan fingerprint density at radius 1 is 1.53 bits per heavy atom. The molecule has 0 aromatic carbocycles. The topological polar surface area (TPSA) is 81.7 Å². The molecule has 1 aliphatic heterocycles. The number of likely N-dealkylation sites (tertiary alicyclic amines) is 1. The molecule has 2 unspecified atom stereocenters. The van der Waals surface area contributed by atoms with Gasteiger partial charge in [0.05, 0.1) is 12.1 Å². The molecule has 0 aliphatic carbocycles. The van der Waals surface area contributed by atoms with Crippen LogP contribution in [0.4, 0.5) is 4.79 Å². The van der Waals surface area contributed by atoms with Gasteiger partial charge in [0, 0.05) is 20.1 Å². The normalized spacial score (nSPS) is 23.5. The number of carbonyl (C=O) groups is 2. The van der Waals surface area contributed by atoms with Crippen molar-refractivity contribution in [2.45, 2.75) is 25.5 Å². The third-order valence-electron chi connectivity index (χ3n) is 2.59. The van der Waals surface area contributed by atoms with Crippen LogP contribution in [0, 0.1) is 0 Å². The van der Waals surface area contributed by atoms with Gasteiger partial charge < -0.3 is 10.4 Å². The van der Waals surface area contributed by atoms with Crippen LogP contribution in [0.3, 0.4) is 0 Å². The number of β-amino-alcohol motifs (C(OH)–C–C–N with tert-alkyl or cyclic N) is 1. The van der Waals surface area contributed by atoms with E-state index >= 15 is 0 Å². The summed E-state index contributed by atoms with van der Waals surface area (Å²) in [6, 6.07) is -0.897. The minimum atomic E-state index is -0.508. The summed E-state index contributed by atoms with van der Waals surface area (Å²) in [5, 5.41) is 13.8. The van der Waals surface area contributed by atoms with Gasteiger partial charge in [-0.1, -0.05) is 0 Å². The SMILES string of the molecule is CNC(=O)NC(=O)C(C)N1CCC(O)C1. The number of rotatable bonds is 2. The lowest BCUT2D eigenvalue weighted by atomic mass is 10.3. The number of hydrogen-bond donors (Lipinski definition) is 3. The molecule has 0 aromatic heterocycles. The van der Waals surface area contributed by atoms with E-state index in [1.807, 2.05) is 4.90 Å². The standard InChI is InChI=1S/C9H17N3O3/c1-6(8(14)11-9(15)10-2)12-4-3-7(13)5-12/h6-7,13H,3-5H2,1-2H3,(H2,10,11,14,15). The van der Waals surface area contributed by atoms with E-state index < -0.39 is 6.03 Å². The fourth-order valence-corrected chi connectivity index (χ4v) is 1.56. The lowest BCUT2D eigenvalue weighted by molar-refractivity contribution is -0.124. The molecule has 3 N–H and O–H groups in total. The Morgan fingerprint density at radius 2 is 2.20 bits per heavy atom. The van der Waals surface area contributed by atoms with E-state index in [1.54, 1.807) is 6.92 Å². The number of aliphatic hydroxyl groups is 1. The minimum absolute atomic E-state index is 0.344. The van der Waals surface area contributed by atoms with Crippen molar-refractivity contribution in [1.29, 1.82) is 0 Å². The summed E-state index contributed by atoms with van der Waals surface area (Å²) >= 11 is 0. The number of nitrogens with one attached hydrogen (secondary N) is 2. The molecule has 86 valence electrons. The first-order chi connectivity index (χ1) is 7.04. The molecule has 0 aromatic rings. The number of amides is 3. The van der Waals surface area contributed by atoms with E-state index in [0.29, 0.717) is 19.5 Å². The third kappa shape index (κ3) is 3.17. The first-order valence-electron chi connectivity index (χ1n) is 4.99. The highest BCUT2D eigenvalue weighted by Gasteiger charge is 2.28. The Balaban J connectivity index is 2.42. The van der Waals surface area contributed by atoms with Gasteiger partial charge >= 0.3 is 6.03 Å². The smallest absolute Gasteiger partial charge is 0.321 e. The molecule has 0 bridgehead atoms. The Labute approximate surface area is 88.6 Å². The molecule has 1 saturated heterocycles. The summed E-state index contributed by atoms with van der Waals surface area (Å²) in [4.78, 5) is 24.3. The van der Waals surface area contributed by atoms with Crippen LogP contribution in [-0.4, -0.2) is 54.2 Å². The zero-order valence-corrected chi connectivity index (χ0v) is 8.99. The molecule has 0 radical (unpaired) electrons. The van der Waals surface area contributed by atoms with E-state index in [-0.39, 0.29) is 18.1 Å². The fourth-order valence-electron chi connectivity index (χ4n) is 1.56. The minimum Gasteiger partial charge on any atom is -0.392 e. The van der Waals surface area contributed by atoms with Crippen LogP contribution in [0.25, 0.3) is 0 Å². The van der Waals surface area contributed by atoms with Gasteiger partial charge in [0.15, 0.2) is 0 Å². The van der Waals surface area contributed by atoms with Crippen LogP contribution >= 0.6 is 0 Å². The van der Waals surface area contributed by atoms with Gasteiger partial charge in [-0.15, -0.1) is 0 Å². The van der Waals surface area contributed by atoms with Crippen LogP contribution in [0.1, 0.15) is 13.3 Å².